The molecule has 0 rings (SSSR count). The summed E-state index contributed by atoms with van der Waals surface area (Å²) < 4.78 is 0. The smallest absolute Gasteiger partial charge is 0.0166 e. The predicted octanol–water partition coefficient (Wildman–Crippen LogP) is 1.63. The predicted molar refractivity (Wildman–Crippen MR) is 40.8 cm³/mol. The number of hydrogen-bond acceptors (Lipinski definition) is 2. The number of hydrogen-bond donors (Lipinski definition) is 1. The lowest BCUT2D eigenvalue weighted by Crippen LogP contribution is -1.94. The first-order valence-corrected chi connectivity index (χ1v) is 3.04. The summed E-state index contributed by atoms with van der Waals surface area (Å²) in [7, 11) is 0. The van der Waals surface area contributed by atoms with Gasteiger partial charge in [-0.3, -0.25) is 0 Å². The monoisotopic (exact) mass is 129 g/mol. The van der Waals surface area contributed by atoms with Crippen LogP contribution in [0.3, 0.4) is 0 Å². The molecular formula is C6H11NS. The van der Waals surface area contributed by atoms with Crippen molar-refractivity contribution in [3.05, 3.63) is 11.8 Å². The number of nitrogens with two attached hydrogens (primary N) is 1. The van der Waals surface area contributed by atoms with E-state index in [1.54, 1.807) is 0 Å². The van der Waals surface area contributed by atoms with Crippen LogP contribution in [0.1, 0.15) is 20.3 Å². The second-order valence-electron chi connectivity index (χ2n) is 1.71. The summed E-state index contributed by atoms with van der Waals surface area (Å²) in [6.45, 7) is 3.85. The second kappa shape index (κ2) is 3.61. The van der Waals surface area contributed by atoms with Crippen LogP contribution in [0.25, 0.3) is 0 Å². The zero-order chi connectivity index (χ0) is 6.57. The van der Waals surface area contributed by atoms with E-state index in [0.717, 1.165) is 17.0 Å². The molecule has 0 fully saturated rings. The third-order valence-corrected chi connectivity index (χ3v) is 1.14. The van der Waals surface area contributed by atoms with Crippen molar-refractivity contribution in [1.29, 1.82) is 0 Å². The molecule has 0 amide bonds. The Morgan fingerprint density at radius 2 is 2.25 bits per heavy atom. The Kier molecular flexibility index (Phi) is 3.44. The van der Waals surface area contributed by atoms with Crippen LogP contribution in [-0.4, -0.2) is 4.86 Å². The van der Waals surface area contributed by atoms with Gasteiger partial charge in [-0.25, -0.2) is 0 Å². The van der Waals surface area contributed by atoms with Gasteiger partial charge in [0.25, 0.3) is 0 Å². The highest BCUT2D eigenvalue weighted by molar-refractivity contribution is 7.80. The van der Waals surface area contributed by atoms with E-state index in [1.807, 2.05) is 19.9 Å². The van der Waals surface area contributed by atoms with Gasteiger partial charge in [0, 0.05) is 10.6 Å². The van der Waals surface area contributed by atoms with E-state index in [1.165, 1.54) is 0 Å². The molecule has 8 heavy (non-hydrogen) atoms. The highest BCUT2D eigenvalue weighted by Crippen LogP contribution is 1.89. The van der Waals surface area contributed by atoms with Crippen molar-refractivity contribution < 1.29 is 0 Å². The normalized spacial score (nSPS) is 11.5. The standard InChI is InChI=1S/C6H11NS/c1-3-6(8)4-5(2)7/h4H,3,7H2,1-2H3/b5-4-. The SMILES string of the molecule is CCC(=S)/C=C(/C)N. The second-order valence-corrected chi connectivity index (χ2v) is 2.23. The van der Waals surface area contributed by atoms with Crippen molar-refractivity contribution in [1.82, 2.24) is 0 Å². The lowest BCUT2D eigenvalue weighted by molar-refractivity contribution is 1.29. The van der Waals surface area contributed by atoms with Crippen LogP contribution in [0.15, 0.2) is 11.8 Å². The molecule has 0 atom stereocenters. The van der Waals surface area contributed by atoms with Gasteiger partial charge in [0.1, 0.15) is 0 Å². The largest absolute Gasteiger partial charge is 0.402 e. The van der Waals surface area contributed by atoms with Crippen LogP contribution in [0.2, 0.25) is 0 Å². The van der Waals surface area contributed by atoms with Gasteiger partial charge in [-0.2, -0.15) is 0 Å². The Morgan fingerprint density at radius 1 is 1.75 bits per heavy atom. The average molecular weight is 129 g/mol. The zero-order valence-corrected chi connectivity index (χ0v) is 6.09. The van der Waals surface area contributed by atoms with Gasteiger partial charge in [0.05, 0.1) is 0 Å². The number of allylic oxidation sites excluding steroid dienone is 2. The minimum absolute atomic E-state index is 0.789. The van der Waals surface area contributed by atoms with E-state index in [0.29, 0.717) is 0 Å². The molecule has 0 aromatic carbocycles. The molecule has 1 nitrogen and oxygen atoms in total. The minimum Gasteiger partial charge on any atom is -0.402 e. The molecule has 0 radical (unpaired) electrons. The highest BCUT2D eigenvalue weighted by atomic mass is 32.1. The molecule has 0 saturated heterocycles. The third-order valence-electron chi connectivity index (χ3n) is 0.737. The zero-order valence-electron chi connectivity index (χ0n) is 5.27. The van der Waals surface area contributed by atoms with Crippen molar-refractivity contribution in [2.75, 3.05) is 0 Å². The molecule has 0 bridgehead atoms. The van der Waals surface area contributed by atoms with Crippen molar-refractivity contribution in [2.24, 2.45) is 5.73 Å². The van der Waals surface area contributed by atoms with Crippen LogP contribution in [0.5, 0.6) is 0 Å². The van der Waals surface area contributed by atoms with Gasteiger partial charge in [-0.1, -0.05) is 19.1 Å². The average Bonchev–Trinajstić information content (AvgIpc) is 1.65. The Labute approximate surface area is 55.6 Å². The van der Waals surface area contributed by atoms with Gasteiger partial charge in [-0.05, 0) is 19.4 Å². The molecule has 0 aliphatic carbocycles. The van der Waals surface area contributed by atoms with Crippen LogP contribution >= 0.6 is 12.2 Å². The first kappa shape index (κ1) is 7.63. The topological polar surface area (TPSA) is 26.0 Å². The Hall–Kier alpha value is -0.370. The molecule has 0 spiro atoms. The fraction of sp³-hybridized carbons (Fsp3) is 0.500. The summed E-state index contributed by atoms with van der Waals surface area (Å²) in [6, 6.07) is 0. The van der Waals surface area contributed by atoms with Gasteiger partial charge in [0.2, 0.25) is 0 Å². The molecule has 2 N–H and O–H groups in total. The highest BCUT2D eigenvalue weighted by Gasteiger charge is 1.83. The molecular weight excluding hydrogens is 118 g/mol. The molecule has 2 heteroatoms. The Bertz CT molecular complexity index is 112. The summed E-state index contributed by atoms with van der Waals surface area (Å²) in [4.78, 5) is 0.921. The van der Waals surface area contributed by atoms with Crippen LogP contribution in [-0.2, 0) is 0 Å². The first-order valence-electron chi connectivity index (χ1n) is 2.63. The van der Waals surface area contributed by atoms with Crippen molar-refractivity contribution in [3.8, 4) is 0 Å². The Balaban J connectivity index is 3.70. The van der Waals surface area contributed by atoms with Gasteiger partial charge >= 0.3 is 0 Å². The third kappa shape index (κ3) is 3.81. The first-order chi connectivity index (χ1) is 3.66. The van der Waals surface area contributed by atoms with E-state index in [-0.39, 0.29) is 0 Å². The van der Waals surface area contributed by atoms with E-state index >= 15 is 0 Å². The fourth-order valence-corrected chi connectivity index (χ4v) is 0.542. The maximum absolute atomic E-state index is 5.34. The summed E-state index contributed by atoms with van der Waals surface area (Å²) in [5.41, 5.74) is 6.13. The quantitative estimate of drug-likeness (QED) is 0.453. The molecule has 0 saturated carbocycles. The summed E-state index contributed by atoms with van der Waals surface area (Å²) >= 11 is 4.88. The molecule has 0 aliphatic rings. The van der Waals surface area contributed by atoms with E-state index in [2.05, 4.69) is 0 Å². The van der Waals surface area contributed by atoms with E-state index in [4.69, 9.17) is 18.0 Å². The van der Waals surface area contributed by atoms with E-state index < -0.39 is 0 Å². The minimum atomic E-state index is 0.789. The lowest BCUT2D eigenvalue weighted by atomic mass is 10.3. The number of thiocarbonyl (C=S) groups is 1. The fourth-order valence-electron chi connectivity index (χ4n) is 0.356. The van der Waals surface area contributed by atoms with E-state index in [9.17, 15) is 0 Å². The molecule has 0 aromatic rings. The van der Waals surface area contributed by atoms with Gasteiger partial charge in [0.15, 0.2) is 0 Å². The van der Waals surface area contributed by atoms with Gasteiger partial charge < -0.3 is 5.73 Å². The number of rotatable bonds is 2. The van der Waals surface area contributed by atoms with Crippen LogP contribution in [0, 0.1) is 0 Å². The molecule has 0 unspecified atom stereocenters. The van der Waals surface area contributed by atoms with Gasteiger partial charge in [-0.15, -0.1) is 0 Å². The Morgan fingerprint density at radius 3 is 2.38 bits per heavy atom. The summed E-state index contributed by atoms with van der Waals surface area (Å²) in [6.07, 6.45) is 2.72. The maximum atomic E-state index is 5.34. The van der Waals surface area contributed by atoms with Crippen LogP contribution in [0.4, 0.5) is 0 Å². The van der Waals surface area contributed by atoms with Crippen LogP contribution < -0.4 is 5.73 Å². The molecule has 0 heterocycles. The molecule has 46 valence electrons. The maximum Gasteiger partial charge on any atom is 0.0166 e. The van der Waals surface area contributed by atoms with Crippen molar-refractivity contribution in [2.45, 2.75) is 20.3 Å². The summed E-state index contributed by atoms with van der Waals surface area (Å²) in [5.74, 6) is 0. The molecule has 0 aromatic heterocycles. The van der Waals surface area contributed by atoms with Crippen molar-refractivity contribution in [3.63, 3.8) is 0 Å². The lowest BCUT2D eigenvalue weighted by Gasteiger charge is -1.89. The molecule has 0 aliphatic heterocycles. The van der Waals surface area contributed by atoms with Crippen molar-refractivity contribution >= 4 is 17.1 Å². The summed E-state index contributed by atoms with van der Waals surface area (Å²) in [5, 5.41) is 0.